The van der Waals surface area contributed by atoms with Crippen molar-refractivity contribution < 1.29 is 19.4 Å². The van der Waals surface area contributed by atoms with E-state index in [4.69, 9.17) is 27.9 Å². The van der Waals surface area contributed by atoms with Gasteiger partial charge in [0.05, 0.1) is 21.1 Å². The number of carbonyl (C=O) groups is 2. The molecular weight excluding hydrogens is 377 g/mol. The van der Waals surface area contributed by atoms with Gasteiger partial charge in [-0.3, -0.25) is 9.59 Å². The number of anilines is 1. The summed E-state index contributed by atoms with van der Waals surface area (Å²) in [6.07, 6.45) is 4.65. The smallest absolute Gasteiger partial charge is 0.312 e. The highest BCUT2D eigenvalue weighted by Gasteiger charge is 2.60. The lowest BCUT2D eigenvalue weighted by atomic mass is 9.48. The van der Waals surface area contributed by atoms with Crippen LogP contribution in [-0.2, 0) is 14.3 Å². The number of hydrogen-bond donors (Lipinski definition) is 2. The van der Waals surface area contributed by atoms with Crippen LogP contribution < -0.4 is 5.32 Å². The van der Waals surface area contributed by atoms with Gasteiger partial charge >= 0.3 is 5.97 Å². The van der Waals surface area contributed by atoms with E-state index < -0.39 is 16.9 Å². The van der Waals surface area contributed by atoms with Crippen LogP contribution in [0.15, 0.2) is 18.2 Å². The topological polar surface area (TPSA) is 75.6 Å². The Labute approximate surface area is 162 Å². The third-order valence-corrected chi connectivity index (χ3v) is 6.74. The average Bonchev–Trinajstić information content (AvgIpc) is 2.53. The lowest BCUT2D eigenvalue weighted by Crippen LogP contribution is -2.58. The van der Waals surface area contributed by atoms with Crippen LogP contribution in [0, 0.1) is 17.3 Å². The van der Waals surface area contributed by atoms with Crippen LogP contribution in [0.2, 0.25) is 10.0 Å². The number of rotatable bonds is 4. The Morgan fingerprint density at radius 3 is 2.46 bits per heavy atom. The molecule has 4 aliphatic rings. The van der Waals surface area contributed by atoms with Crippen LogP contribution in [0.25, 0.3) is 0 Å². The first-order valence-electron chi connectivity index (χ1n) is 8.92. The van der Waals surface area contributed by atoms with Gasteiger partial charge < -0.3 is 15.2 Å². The summed E-state index contributed by atoms with van der Waals surface area (Å²) in [7, 11) is 0. The zero-order valence-electron chi connectivity index (χ0n) is 14.3. The number of amides is 1. The van der Waals surface area contributed by atoms with E-state index in [0.717, 1.165) is 32.1 Å². The molecule has 4 saturated carbocycles. The molecule has 2 unspecified atom stereocenters. The van der Waals surface area contributed by atoms with Gasteiger partial charge in [0, 0.05) is 5.69 Å². The van der Waals surface area contributed by atoms with Crippen molar-refractivity contribution in [3.05, 3.63) is 28.2 Å². The van der Waals surface area contributed by atoms with Crippen LogP contribution in [0.4, 0.5) is 5.69 Å². The second kappa shape index (κ2) is 6.39. The SMILES string of the molecule is O=C(COC(=O)C12CC3CC(CC(O)(C3)C1)C2)Nc1ccc(Cl)c(Cl)c1. The van der Waals surface area contributed by atoms with E-state index in [2.05, 4.69) is 5.32 Å². The molecule has 0 saturated heterocycles. The molecule has 5 nitrogen and oxygen atoms in total. The second-order valence-electron chi connectivity index (χ2n) is 8.22. The lowest BCUT2D eigenvalue weighted by Gasteiger charge is -2.58. The Hall–Kier alpha value is -1.30. The van der Waals surface area contributed by atoms with Crippen LogP contribution in [0.3, 0.4) is 0 Å². The largest absolute Gasteiger partial charge is 0.455 e. The fourth-order valence-electron chi connectivity index (χ4n) is 5.51. The van der Waals surface area contributed by atoms with E-state index in [0.29, 0.717) is 34.0 Å². The monoisotopic (exact) mass is 397 g/mol. The van der Waals surface area contributed by atoms with E-state index >= 15 is 0 Å². The normalized spacial score (nSPS) is 34.6. The number of benzene rings is 1. The number of nitrogens with one attached hydrogen (secondary N) is 1. The molecular formula is C19H21Cl2NO4. The average molecular weight is 398 g/mol. The molecule has 1 amide bonds. The number of carbonyl (C=O) groups excluding carboxylic acids is 2. The Kier molecular flexibility index (Phi) is 4.45. The number of aliphatic hydroxyl groups is 1. The van der Waals surface area contributed by atoms with Gasteiger partial charge in [-0.05, 0) is 68.6 Å². The minimum Gasteiger partial charge on any atom is -0.455 e. The fraction of sp³-hybridized carbons (Fsp3) is 0.579. The highest BCUT2D eigenvalue weighted by molar-refractivity contribution is 6.42. The van der Waals surface area contributed by atoms with Crippen molar-refractivity contribution in [1.29, 1.82) is 0 Å². The minimum atomic E-state index is -0.731. The predicted molar refractivity (Wildman–Crippen MR) is 98.1 cm³/mol. The van der Waals surface area contributed by atoms with E-state index in [1.54, 1.807) is 12.1 Å². The molecule has 2 N–H and O–H groups in total. The van der Waals surface area contributed by atoms with Crippen molar-refractivity contribution in [1.82, 2.24) is 0 Å². The molecule has 7 heteroatoms. The van der Waals surface area contributed by atoms with Crippen molar-refractivity contribution in [2.75, 3.05) is 11.9 Å². The summed E-state index contributed by atoms with van der Waals surface area (Å²) in [6, 6.07) is 4.75. The van der Waals surface area contributed by atoms with Crippen LogP contribution in [0.1, 0.15) is 38.5 Å². The van der Waals surface area contributed by atoms with Gasteiger partial charge in [-0.1, -0.05) is 23.2 Å². The highest BCUT2D eigenvalue weighted by atomic mass is 35.5. The zero-order chi connectivity index (χ0) is 18.5. The van der Waals surface area contributed by atoms with E-state index in [1.165, 1.54) is 6.07 Å². The molecule has 4 aliphatic carbocycles. The Bertz CT molecular complexity index is 752. The molecule has 2 atom stereocenters. The van der Waals surface area contributed by atoms with Gasteiger partial charge in [0.15, 0.2) is 6.61 Å². The maximum atomic E-state index is 12.7. The molecule has 0 aliphatic heterocycles. The third-order valence-electron chi connectivity index (χ3n) is 6.00. The first-order chi connectivity index (χ1) is 12.3. The van der Waals surface area contributed by atoms with E-state index in [9.17, 15) is 14.7 Å². The molecule has 140 valence electrons. The molecule has 1 aromatic rings. The van der Waals surface area contributed by atoms with Crippen molar-refractivity contribution in [2.45, 2.75) is 44.1 Å². The third kappa shape index (κ3) is 3.32. The first-order valence-corrected chi connectivity index (χ1v) is 9.67. The van der Waals surface area contributed by atoms with Crippen LogP contribution >= 0.6 is 23.2 Å². The molecule has 26 heavy (non-hydrogen) atoms. The predicted octanol–water partition coefficient (Wildman–Crippen LogP) is 3.81. The molecule has 5 rings (SSSR count). The number of esters is 1. The lowest BCUT2D eigenvalue weighted by molar-refractivity contribution is -0.196. The Balaban J connectivity index is 1.36. The first kappa shape index (κ1) is 18.1. The molecule has 0 heterocycles. The van der Waals surface area contributed by atoms with Gasteiger partial charge in [-0.15, -0.1) is 0 Å². The van der Waals surface area contributed by atoms with Crippen LogP contribution in [0.5, 0.6) is 0 Å². The van der Waals surface area contributed by atoms with Gasteiger partial charge in [-0.2, -0.15) is 0 Å². The molecule has 1 aromatic carbocycles. The van der Waals surface area contributed by atoms with Gasteiger partial charge in [0.2, 0.25) is 0 Å². The highest BCUT2D eigenvalue weighted by Crippen LogP contribution is 2.61. The standard InChI is InChI=1S/C19H21Cl2NO4/c20-14-2-1-13(4-15(14)21)22-16(23)9-26-17(24)18-5-11-3-12(6-18)8-19(25,7-11)10-18/h1-2,4,11-12,25H,3,5-10H2,(H,22,23). The number of hydrogen-bond acceptors (Lipinski definition) is 4. The summed E-state index contributed by atoms with van der Waals surface area (Å²) in [6.45, 7) is -0.353. The van der Waals surface area contributed by atoms with E-state index in [1.807, 2.05) is 0 Å². The summed E-state index contributed by atoms with van der Waals surface area (Å²) in [5, 5.41) is 14.1. The molecule has 0 aromatic heterocycles. The minimum absolute atomic E-state index is 0.336. The fourth-order valence-corrected chi connectivity index (χ4v) is 5.81. The summed E-state index contributed by atoms with van der Waals surface area (Å²) >= 11 is 11.8. The van der Waals surface area contributed by atoms with Gasteiger partial charge in [0.1, 0.15) is 0 Å². The van der Waals surface area contributed by atoms with Gasteiger partial charge in [0.25, 0.3) is 5.91 Å². The maximum absolute atomic E-state index is 12.7. The summed E-state index contributed by atoms with van der Waals surface area (Å²) in [5.74, 6) is -0.00726. The Morgan fingerprint density at radius 1 is 1.15 bits per heavy atom. The summed E-state index contributed by atoms with van der Waals surface area (Å²) in [5.41, 5.74) is -0.863. The van der Waals surface area contributed by atoms with Crippen molar-refractivity contribution in [2.24, 2.45) is 17.3 Å². The maximum Gasteiger partial charge on any atom is 0.312 e. The van der Waals surface area contributed by atoms with Crippen molar-refractivity contribution >= 4 is 40.8 Å². The van der Waals surface area contributed by atoms with E-state index in [-0.39, 0.29) is 12.6 Å². The molecule has 4 fully saturated rings. The van der Waals surface area contributed by atoms with Crippen LogP contribution in [-0.4, -0.2) is 29.2 Å². The summed E-state index contributed by atoms with van der Waals surface area (Å²) in [4.78, 5) is 24.8. The van der Waals surface area contributed by atoms with Crippen molar-refractivity contribution in [3.63, 3.8) is 0 Å². The molecule has 0 radical (unpaired) electrons. The Morgan fingerprint density at radius 2 is 1.85 bits per heavy atom. The zero-order valence-corrected chi connectivity index (χ0v) is 15.8. The van der Waals surface area contributed by atoms with Crippen molar-refractivity contribution in [3.8, 4) is 0 Å². The van der Waals surface area contributed by atoms with Gasteiger partial charge in [-0.25, -0.2) is 0 Å². The molecule has 4 bridgehead atoms. The second-order valence-corrected chi connectivity index (χ2v) is 9.03. The number of halogens is 2. The quantitative estimate of drug-likeness (QED) is 0.757. The molecule has 0 spiro atoms. The number of ether oxygens (including phenoxy) is 1. The summed E-state index contributed by atoms with van der Waals surface area (Å²) < 4.78 is 5.34.